The van der Waals surface area contributed by atoms with Crippen molar-refractivity contribution in [3.63, 3.8) is 0 Å². The van der Waals surface area contributed by atoms with Gasteiger partial charge in [-0.25, -0.2) is 17.5 Å². The molecule has 0 radical (unpaired) electrons. The van der Waals surface area contributed by atoms with Gasteiger partial charge in [-0.15, -0.1) is 0 Å². The highest BCUT2D eigenvalue weighted by Crippen LogP contribution is 2.17. The summed E-state index contributed by atoms with van der Waals surface area (Å²) >= 11 is 3.28. The van der Waals surface area contributed by atoms with Crippen LogP contribution in [0.3, 0.4) is 0 Å². The lowest BCUT2D eigenvalue weighted by Gasteiger charge is -2.09. The molecule has 0 aliphatic rings. The Morgan fingerprint density at radius 3 is 2.54 bits per heavy atom. The van der Waals surface area contributed by atoms with Gasteiger partial charge in [-0.2, -0.15) is 0 Å². The molecule has 8 heteroatoms. The Bertz CT molecular complexity index is 813. The number of carbonyl (C=O) groups excluding carboxylic acids is 1. The van der Waals surface area contributed by atoms with Crippen LogP contribution in [0.2, 0.25) is 0 Å². The van der Waals surface area contributed by atoms with E-state index >= 15 is 0 Å². The molecule has 2 rings (SSSR count). The maximum Gasteiger partial charge on any atom is 0.240 e. The van der Waals surface area contributed by atoms with Gasteiger partial charge < -0.3 is 5.32 Å². The topological polar surface area (TPSA) is 75.3 Å². The van der Waals surface area contributed by atoms with Gasteiger partial charge in [0.2, 0.25) is 15.9 Å². The number of hydrogen-bond donors (Lipinski definition) is 2. The number of amides is 1. The molecule has 0 spiro atoms. The van der Waals surface area contributed by atoms with E-state index in [0.29, 0.717) is 10.0 Å². The summed E-state index contributed by atoms with van der Waals surface area (Å²) in [6.07, 6.45) is -0.0149. The van der Waals surface area contributed by atoms with E-state index in [4.69, 9.17) is 0 Å². The summed E-state index contributed by atoms with van der Waals surface area (Å²) in [5.41, 5.74) is 0.605. The Kier molecular flexibility index (Phi) is 6.47. The predicted molar refractivity (Wildman–Crippen MR) is 92.2 cm³/mol. The second kappa shape index (κ2) is 8.36. The average Bonchev–Trinajstić information content (AvgIpc) is 2.56. The lowest BCUT2D eigenvalue weighted by molar-refractivity contribution is -0.121. The average molecular weight is 415 g/mol. The maximum atomic E-state index is 13.2. The molecule has 1 amide bonds. The van der Waals surface area contributed by atoms with Crippen LogP contribution in [0, 0.1) is 5.82 Å². The highest BCUT2D eigenvalue weighted by Gasteiger charge is 2.13. The second-order valence-corrected chi connectivity index (χ2v) is 7.59. The van der Waals surface area contributed by atoms with E-state index in [1.165, 1.54) is 24.3 Å². The number of nitrogens with one attached hydrogen (secondary N) is 2. The molecule has 0 aliphatic heterocycles. The van der Waals surface area contributed by atoms with Crippen molar-refractivity contribution in [3.8, 4) is 0 Å². The minimum absolute atomic E-state index is 0.0149. The highest BCUT2D eigenvalue weighted by atomic mass is 79.9. The maximum absolute atomic E-state index is 13.2. The molecule has 5 nitrogen and oxygen atoms in total. The molecule has 24 heavy (non-hydrogen) atoms. The largest absolute Gasteiger partial charge is 0.352 e. The SMILES string of the molecule is O=C(CCNS(=O)(=O)c1ccccc1)NCc1cc(F)ccc1Br. The summed E-state index contributed by atoms with van der Waals surface area (Å²) in [7, 11) is -3.62. The molecule has 2 N–H and O–H groups in total. The number of hydrogen-bond acceptors (Lipinski definition) is 3. The third-order valence-electron chi connectivity index (χ3n) is 3.18. The Hall–Kier alpha value is -1.77. The minimum Gasteiger partial charge on any atom is -0.352 e. The fourth-order valence-corrected chi connectivity index (χ4v) is 3.38. The summed E-state index contributed by atoms with van der Waals surface area (Å²) in [6.45, 7) is 0.135. The van der Waals surface area contributed by atoms with Gasteiger partial charge in [-0.3, -0.25) is 4.79 Å². The van der Waals surface area contributed by atoms with E-state index in [0.717, 1.165) is 0 Å². The van der Waals surface area contributed by atoms with Crippen LogP contribution in [0.15, 0.2) is 57.9 Å². The molecule has 0 unspecified atom stereocenters. The first-order chi connectivity index (χ1) is 11.4. The van der Waals surface area contributed by atoms with Crippen molar-refractivity contribution >= 4 is 31.9 Å². The Morgan fingerprint density at radius 1 is 1.12 bits per heavy atom. The first kappa shape index (κ1) is 18.6. The van der Waals surface area contributed by atoms with Gasteiger partial charge in [0.1, 0.15) is 5.82 Å². The zero-order chi connectivity index (χ0) is 17.6. The highest BCUT2D eigenvalue weighted by molar-refractivity contribution is 9.10. The third kappa shape index (κ3) is 5.40. The van der Waals surface area contributed by atoms with Crippen molar-refractivity contribution in [2.45, 2.75) is 17.9 Å². The van der Waals surface area contributed by atoms with E-state index in [-0.39, 0.29) is 30.3 Å². The number of rotatable bonds is 7. The van der Waals surface area contributed by atoms with E-state index in [9.17, 15) is 17.6 Å². The molecule has 2 aromatic carbocycles. The summed E-state index contributed by atoms with van der Waals surface area (Å²) in [5, 5.41) is 2.62. The van der Waals surface area contributed by atoms with Crippen molar-refractivity contribution < 1.29 is 17.6 Å². The van der Waals surface area contributed by atoms with Gasteiger partial charge >= 0.3 is 0 Å². The van der Waals surface area contributed by atoms with E-state index in [2.05, 4.69) is 26.0 Å². The van der Waals surface area contributed by atoms with Crippen LogP contribution in [-0.4, -0.2) is 20.9 Å². The van der Waals surface area contributed by atoms with Gasteiger partial charge in [0.05, 0.1) is 4.90 Å². The molecule has 0 atom stereocenters. The normalized spacial score (nSPS) is 11.2. The van der Waals surface area contributed by atoms with Crippen molar-refractivity contribution in [1.29, 1.82) is 0 Å². The number of carbonyl (C=O) groups is 1. The van der Waals surface area contributed by atoms with Gasteiger partial charge in [0.15, 0.2) is 0 Å². The summed E-state index contributed by atoms with van der Waals surface area (Å²) < 4.78 is 40.2. The van der Waals surface area contributed by atoms with Crippen LogP contribution in [0.25, 0.3) is 0 Å². The van der Waals surface area contributed by atoms with Crippen LogP contribution >= 0.6 is 15.9 Å². The molecule has 0 saturated heterocycles. The number of benzene rings is 2. The molecule has 0 fully saturated rings. The predicted octanol–water partition coefficient (Wildman–Crippen LogP) is 2.57. The Labute approximate surface area is 148 Å². The molecule has 0 aliphatic carbocycles. The van der Waals surface area contributed by atoms with Gasteiger partial charge in [-0.1, -0.05) is 34.1 Å². The first-order valence-electron chi connectivity index (χ1n) is 7.14. The monoisotopic (exact) mass is 414 g/mol. The summed E-state index contributed by atoms with van der Waals surface area (Å²) in [5.74, 6) is -0.722. The summed E-state index contributed by atoms with van der Waals surface area (Å²) in [6, 6.07) is 12.1. The van der Waals surface area contributed by atoms with Crippen LogP contribution in [0.5, 0.6) is 0 Å². The van der Waals surface area contributed by atoms with Crippen LogP contribution < -0.4 is 10.0 Å². The quantitative estimate of drug-likeness (QED) is 0.730. The number of sulfonamides is 1. The molecular weight excluding hydrogens is 399 g/mol. The second-order valence-electron chi connectivity index (χ2n) is 4.97. The fourth-order valence-electron chi connectivity index (χ4n) is 1.94. The zero-order valence-corrected chi connectivity index (χ0v) is 15.0. The van der Waals surface area contributed by atoms with Crippen LogP contribution in [0.1, 0.15) is 12.0 Å². The molecule has 128 valence electrons. The van der Waals surface area contributed by atoms with Crippen molar-refractivity contribution in [2.24, 2.45) is 0 Å². The third-order valence-corrected chi connectivity index (χ3v) is 5.43. The van der Waals surface area contributed by atoms with Gasteiger partial charge in [0, 0.05) is 24.0 Å². The lowest BCUT2D eigenvalue weighted by Crippen LogP contribution is -2.30. The fraction of sp³-hybridized carbons (Fsp3) is 0.188. The van der Waals surface area contributed by atoms with Crippen molar-refractivity contribution in [1.82, 2.24) is 10.0 Å². The summed E-state index contributed by atoms with van der Waals surface area (Å²) in [4.78, 5) is 11.9. The molecule has 0 bridgehead atoms. The number of halogens is 2. The van der Waals surface area contributed by atoms with E-state index in [1.54, 1.807) is 24.3 Å². The Morgan fingerprint density at radius 2 is 1.83 bits per heavy atom. The van der Waals surface area contributed by atoms with Crippen LogP contribution in [-0.2, 0) is 21.4 Å². The molecule has 0 saturated carbocycles. The standard InChI is InChI=1S/C16H16BrFN2O3S/c17-15-7-6-13(18)10-12(15)11-19-16(21)8-9-20-24(22,23)14-4-2-1-3-5-14/h1-7,10,20H,8-9,11H2,(H,19,21). The molecular formula is C16H16BrFN2O3S. The van der Waals surface area contributed by atoms with Gasteiger partial charge in [0.25, 0.3) is 0 Å². The smallest absolute Gasteiger partial charge is 0.240 e. The van der Waals surface area contributed by atoms with Gasteiger partial charge in [-0.05, 0) is 35.9 Å². The van der Waals surface area contributed by atoms with E-state index in [1.807, 2.05) is 0 Å². The van der Waals surface area contributed by atoms with Crippen LogP contribution in [0.4, 0.5) is 4.39 Å². The van der Waals surface area contributed by atoms with E-state index < -0.39 is 15.8 Å². The molecule has 0 aromatic heterocycles. The van der Waals surface area contributed by atoms with Crippen molar-refractivity contribution in [2.75, 3.05) is 6.54 Å². The Balaban J connectivity index is 1.80. The van der Waals surface area contributed by atoms with Crippen molar-refractivity contribution in [3.05, 3.63) is 64.4 Å². The zero-order valence-electron chi connectivity index (χ0n) is 12.6. The molecule has 0 heterocycles. The minimum atomic E-state index is -3.62. The molecule has 2 aromatic rings. The lowest BCUT2D eigenvalue weighted by atomic mass is 10.2. The first-order valence-corrected chi connectivity index (χ1v) is 9.41.